The van der Waals surface area contributed by atoms with Crippen LogP contribution >= 0.6 is 0 Å². The molecule has 0 spiro atoms. The molecule has 1 saturated heterocycles. The van der Waals surface area contributed by atoms with Crippen molar-refractivity contribution in [2.24, 2.45) is 7.05 Å². The van der Waals surface area contributed by atoms with Crippen LogP contribution in [0.25, 0.3) is 22.3 Å². The van der Waals surface area contributed by atoms with Crippen molar-refractivity contribution in [3.63, 3.8) is 0 Å². The molecule has 4 aromatic rings. The Morgan fingerprint density at radius 3 is 2.67 bits per heavy atom. The van der Waals surface area contributed by atoms with Crippen molar-refractivity contribution in [3.05, 3.63) is 53.5 Å². The summed E-state index contributed by atoms with van der Waals surface area (Å²) in [6, 6.07) is 7.71. The molecule has 12 nitrogen and oxygen atoms in total. The number of aryl methyl sites for hydroxylation is 1. The molecule has 0 amide bonds. The van der Waals surface area contributed by atoms with E-state index in [1.54, 1.807) is 19.4 Å². The summed E-state index contributed by atoms with van der Waals surface area (Å²) in [6.45, 7) is 0.136. The zero-order valence-electron chi connectivity index (χ0n) is 21.3. The Hall–Kier alpha value is -3.52. The number of fused-ring (bicyclic) bond motifs is 2. The summed E-state index contributed by atoms with van der Waals surface area (Å²) in [5.41, 5.74) is 2.96. The van der Waals surface area contributed by atoms with E-state index in [-0.39, 0.29) is 30.7 Å². The summed E-state index contributed by atoms with van der Waals surface area (Å²) >= 11 is 0. The second-order valence-electron chi connectivity index (χ2n) is 10.8. The van der Waals surface area contributed by atoms with Gasteiger partial charge in [-0.1, -0.05) is 0 Å². The molecular weight excluding hydrogens is 520 g/mol. The predicted molar refractivity (Wildman–Crippen MR) is 142 cm³/mol. The highest BCUT2D eigenvalue weighted by Gasteiger charge is 2.39. The lowest BCUT2D eigenvalue weighted by atomic mass is 10.0. The Balaban J connectivity index is 1.20. The first-order valence-corrected chi connectivity index (χ1v) is 14.5. The smallest absolute Gasteiger partial charge is 0.241 e. The van der Waals surface area contributed by atoms with E-state index in [0.29, 0.717) is 35.7 Å². The van der Waals surface area contributed by atoms with Gasteiger partial charge in [-0.05, 0) is 66.3 Å². The summed E-state index contributed by atoms with van der Waals surface area (Å²) in [5.74, 6) is 0.838. The quantitative estimate of drug-likeness (QED) is 0.293. The Morgan fingerprint density at radius 2 is 2.00 bits per heavy atom. The maximum Gasteiger partial charge on any atom is 0.241 e. The number of tetrazole rings is 1. The molecule has 1 aromatic carbocycles. The van der Waals surface area contributed by atoms with Crippen LogP contribution in [0.3, 0.4) is 0 Å². The number of benzene rings is 1. The molecule has 2 fully saturated rings. The molecular formula is C26H28N8O4S. The molecule has 3 aliphatic rings. The average Bonchev–Trinajstić information content (AvgIpc) is 3.55. The first-order chi connectivity index (χ1) is 18.8. The molecule has 13 heteroatoms. The summed E-state index contributed by atoms with van der Waals surface area (Å²) in [6.07, 6.45) is 6.84. The fourth-order valence-corrected chi connectivity index (χ4v) is 6.96. The Labute approximate surface area is 224 Å². The minimum atomic E-state index is -3.93. The van der Waals surface area contributed by atoms with E-state index in [0.717, 1.165) is 40.7 Å². The van der Waals surface area contributed by atoms with Crippen LogP contribution in [-0.2, 0) is 34.6 Å². The monoisotopic (exact) mass is 548 g/mol. The van der Waals surface area contributed by atoms with Crippen molar-refractivity contribution in [2.75, 3.05) is 25.1 Å². The number of aliphatic hydroxyl groups is 1. The molecule has 39 heavy (non-hydrogen) atoms. The van der Waals surface area contributed by atoms with Crippen LogP contribution in [0, 0.1) is 0 Å². The number of sulfonamides is 1. The van der Waals surface area contributed by atoms with Gasteiger partial charge < -0.3 is 15.2 Å². The molecule has 0 radical (unpaired) electrons. The normalized spacial score (nSPS) is 20.1. The van der Waals surface area contributed by atoms with E-state index in [4.69, 9.17) is 4.74 Å². The lowest BCUT2D eigenvalue weighted by Gasteiger charge is -2.36. The SMILES string of the molecule is Cn1nnc(-c2ccc(NC3Cc4cc5cnc(C6CC6)cc5c(S(=O)(=O)NCC5(O)COC5)c4C3)cn2)n1. The van der Waals surface area contributed by atoms with Crippen LogP contribution < -0.4 is 10.0 Å². The largest absolute Gasteiger partial charge is 0.384 e. The fourth-order valence-electron chi connectivity index (χ4n) is 5.35. The number of nitrogens with one attached hydrogen (secondary N) is 2. The summed E-state index contributed by atoms with van der Waals surface area (Å²) in [5, 5.41) is 27.5. The average molecular weight is 549 g/mol. The zero-order chi connectivity index (χ0) is 26.8. The summed E-state index contributed by atoms with van der Waals surface area (Å²) in [7, 11) is -2.23. The van der Waals surface area contributed by atoms with E-state index in [1.807, 2.05) is 18.2 Å². The van der Waals surface area contributed by atoms with Gasteiger partial charge in [-0.2, -0.15) is 4.80 Å². The van der Waals surface area contributed by atoms with E-state index >= 15 is 0 Å². The number of rotatable bonds is 8. The van der Waals surface area contributed by atoms with E-state index in [9.17, 15) is 13.5 Å². The van der Waals surface area contributed by atoms with E-state index < -0.39 is 15.6 Å². The highest BCUT2D eigenvalue weighted by molar-refractivity contribution is 7.89. The third kappa shape index (κ3) is 4.65. The maximum absolute atomic E-state index is 13.8. The molecule has 202 valence electrons. The standard InChI is InChI=1S/C26H28N8O4S/c1-34-32-25(31-33-34)22-5-4-18(11-28-22)30-19-7-16-6-17-10-27-23(15-2-3-15)9-21(17)24(20(16)8-19)39(36,37)29-12-26(35)13-38-14-26/h4-6,9-11,15,19,29-30,35H,2-3,7-8,12-14H2,1H3. The molecule has 1 unspecified atom stereocenters. The fraction of sp³-hybridized carbons (Fsp3) is 0.423. The number of pyridine rings is 2. The predicted octanol–water partition coefficient (Wildman–Crippen LogP) is 1.32. The summed E-state index contributed by atoms with van der Waals surface area (Å²) in [4.78, 5) is 10.8. The van der Waals surface area contributed by atoms with Crippen molar-refractivity contribution in [1.82, 2.24) is 34.9 Å². The lowest BCUT2D eigenvalue weighted by molar-refractivity contribution is -0.172. The van der Waals surface area contributed by atoms with Gasteiger partial charge in [0.2, 0.25) is 15.8 Å². The van der Waals surface area contributed by atoms with Crippen LogP contribution in [0.2, 0.25) is 0 Å². The molecule has 3 aromatic heterocycles. The van der Waals surface area contributed by atoms with E-state index in [1.165, 1.54) is 4.80 Å². The van der Waals surface area contributed by atoms with Gasteiger partial charge in [0.25, 0.3) is 0 Å². The van der Waals surface area contributed by atoms with Crippen LogP contribution in [0.1, 0.15) is 35.6 Å². The Bertz CT molecular complexity index is 1680. The number of nitrogens with zero attached hydrogens (tertiary/aromatic N) is 6. The molecule has 1 saturated carbocycles. The molecule has 2 aliphatic carbocycles. The van der Waals surface area contributed by atoms with Crippen molar-refractivity contribution < 1.29 is 18.3 Å². The first-order valence-electron chi connectivity index (χ1n) is 13.0. The Morgan fingerprint density at radius 1 is 1.15 bits per heavy atom. The molecule has 0 bridgehead atoms. The van der Waals surface area contributed by atoms with Gasteiger partial charge in [-0.3, -0.25) is 9.97 Å². The Kier molecular flexibility index (Phi) is 5.67. The maximum atomic E-state index is 13.8. The third-order valence-electron chi connectivity index (χ3n) is 7.58. The molecule has 7 rings (SSSR count). The van der Waals surface area contributed by atoms with Crippen LogP contribution in [0.4, 0.5) is 5.69 Å². The zero-order valence-corrected chi connectivity index (χ0v) is 22.1. The van der Waals surface area contributed by atoms with E-state index in [2.05, 4.69) is 41.5 Å². The second kappa shape index (κ2) is 9.01. The number of ether oxygens (including phenoxy) is 1. The van der Waals surface area contributed by atoms with Gasteiger partial charge >= 0.3 is 0 Å². The van der Waals surface area contributed by atoms with Crippen molar-refractivity contribution in [2.45, 2.75) is 48.1 Å². The topological polar surface area (TPSA) is 157 Å². The highest BCUT2D eigenvalue weighted by atomic mass is 32.2. The minimum Gasteiger partial charge on any atom is -0.384 e. The van der Waals surface area contributed by atoms with Gasteiger partial charge in [0.1, 0.15) is 11.3 Å². The lowest BCUT2D eigenvalue weighted by Crippen LogP contribution is -2.56. The van der Waals surface area contributed by atoms with Crippen LogP contribution in [0.15, 0.2) is 41.6 Å². The minimum absolute atomic E-state index is 0.0202. The highest BCUT2D eigenvalue weighted by Crippen LogP contribution is 2.42. The van der Waals surface area contributed by atoms with Crippen molar-refractivity contribution in [1.29, 1.82) is 0 Å². The number of hydrogen-bond donors (Lipinski definition) is 3. The number of aromatic nitrogens is 6. The second-order valence-corrected chi connectivity index (χ2v) is 12.5. The molecule has 4 heterocycles. The van der Waals surface area contributed by atoms with Crippen LogP contribution in [0.5, 0.6) is 0 Å². The van der Waals surface area contributed by atoms with Gasteiger partial charge in [0.15, 0.2) is 0 Å². The molecule has 1 atom stereocenters. The number of anilines is 1. The van der Waals surface area contributed by atoms with Gasteiger partial charge in [0.05, 0.1) is 37.0 Å². The van der Waals surface area contributed by atoms with Gasteiger partial charge in [-0.25, -0.2) is 13.1 Å². The first kappa shape index (κ1) is 24.5. The van der Waals surface area contributed by atoms with Crippen molar-refractivity contribution in [3.8, 4) is 11.5 Å². The summed E-state index contributed by atoms with van der Waals surface area (Å²) < 4.78 is 35.3. The van der Waals surface area contributed by atoms with Gasteiger partial charge in [-0.15, -0.1) is 10.2 Å². The third-order valence-corrected chi connectivity index (χ3v) is 9.11. The van der Waals surface area contributed by atoms with Crippen molar-refractivity contribution >= 4 is 26.5 Å². The molecule has 3 N–H and O–H groups in total. The van der Waals surface area contributed by atoms with Gasteiger partial charge in [0, 0.05) is 41.2 Å². The number of hydrogen-bond acceptors (Lipinski definition) is 10. The molecule has 1 aliphatic heterocycles. The van der Waals surface area contributed by atoms with Crippen LogP contribution in [-0.4, -0.2) is 75.1 Å².